The van der Waals surface area contributed by atoms with Crippen LogP contribution in [0.3, 0.4) is 0 Å². The number of β-amino-alcohol motifs (C(OH)–C–C–N with tert-alkyl or cyclic N) is 1. The second-order valence-corrected chi connectivity index (χ2v) is 7.52. The Labute approximate surface area is 168 Å². The highest BCUT2D eigenvalue weighted by atomic mass is 35.5. The van der Waals surface area contributed by atoms with Gasteiger partial charge in [0, 0.05) is 18.8 Å². The number of rotatable bonds is 6. The summed E-state index contributed by atoms with van der Waals surface area (Å²) in [5.41, 5.74) is 2.77. The van der Waals surface area contributed by atoms with Gasteiger partial charge in [-0.15, -0.1) is 0 Å². The molecule has 1 saturated heterocycles. The first-order valence-electron chi connectivity index (χ1n) is 8.88. The summed E-state index contributed by atoms with van der Waals surface area (Å²) < 4.78 is 0. The van der Waals surface area contributed by atoms with Crippen LogP contribution in [0.15, 0.2) is 42.5 Å². The third-order valence-electron chi connectivity index (χ3n) is 4.72. The lowest BCUT2D eigenvalue weighted by atomic mass is 10.1. The van der Waals surface area contributed by atoms with E-state index < -0.39 is 5.91 Å². The highest BCUT2D eigenvalue weighted by Crippen LogP contribution is 2.25. The standard InChI is InChI=1S/C20H22Cl2N2O3/c21-17-6-5-14(11-18(17)22)12-20(26)24(27)10-7-15-3-1-2-4-19(15)23-9-8-16(25)13-23/h1-6,11,16,25,27H,7-10,12-13H2/t16-/m0/s1. The topological polar surface area (TPSA) is 64.0 Å². The molecule has 0 radical (unpaired) electrons. The highest BCUT2D eigenvalue weighted by molar-refractivity contribution is 6.42. The number of hydroxylamine groups is 2. The molecule has 2 aromatic rings. The van der Waals surface area contributed by atoms with Gasteiger partial charge in [-0.1, -0.05) is 47.5 Å². The molecule has 0 bridgehead atoms. The van der Waals surface area contributed by atoms with Gasteiger partial charge in [-0.2, -0.15) is 0 Å². The molecule has 1 heterocycles. The van der Waals surface area contributed by atoms with Crippen molar-refractivity contribution in [1.29, 1.82) is 0 Å². The molecule has 2 N–H and O–H groups in total. The van der Waals surface area contributed by atoms with Crippen molar-refractivity contribution in [2.75, 3.05) is 24.5 Å². The number of carbonyl (C=O) groups is 1. The zero-order valence-corrected chi connectivity index (χ0v) is 16.3. The van der Waals surface area contributed by atoms with Crippen LogP contribution in [0, 0.1) is 0 Å². The molecule has 0 unspecified atom stereocenters. The van der Waals surface area contributed by atoms with E-state index in [1.807, 2.05) is 24.3 Å². The molecular formula is C20H22Cl2N2O3. The summed E-state index contributed by atoms with van der Waals surface area (Å²) in [7, 11) is 0. The Balaban J connectivity index is 1.59. The van der Waals surface area contributed by atoms with Gasteiger partial charge >= 0.3 is 0 Å². The van der Waals surface area contributed by atoms with Crippen LogP contribution in [0.25, 0.3) is 0 Å². The van der Waals surface area contributed by atoms with E-state index in [9.17, 15) is 15.1 Å². The number of para-hydroxylation sites is 1. The van der Waals surface area contributed by atoms with Crippen LogP contribution in [0.5, 0.6) is 0 Å². The number of anilines is 1. The van der Waals surface area contributed by atoms with Crippen molar-refractivity contribution in [1.82, 2.24) is 5.06 Å². The third kappa shape index (κ3) is 5.14. The zero-order valence-electron chi connectivity index (χ0n) is 14.8. The van der Waals surface area contributed by atoms with Crippen LogP contribution in [-0.4, -0.2) is 47.0 Å². The Kier molecular flexibility index (Phi) is 6.60. The number of hydrogen-bond acceptors (Lipinski definition) is 4. The maximum Gasteiger partial charge on any atom is 0.250 e. The van der Waals surface area contributed by atoms with E-state index in [0.29, 0.717) is 28.6 Å². The van der Waals surface area contributed by atoms with E-state index in [2.05, 4.69) is 4.90 Å². The highest BCUT2D eigenvalue weighted by Gasteiger charge is 2.22. The molecule has 0 saturated carbocycles. The second-order valence-electron chi connectivity index (χ2n) is 6.71. The fourth-order valence-electron chi connectivity index (χ4n) is 3.26. The summed E-state index contributed by atoms with van der Waals surface area (Å²) in [5.74, 6) is -0.400. The minimum atomic E-state index is -0.400. The lowest BCUT2D eigenvalue weighted by Crippen LogP contribution is -2.31. The van der Waals surface area contributed by atoms with E-state index in [-0.39, 0.29) is 19.1 Å². The van der Waals surface area contributed by atoms with Crippen molar-refractivity contribution in [3.05, 3.63) is 63.6 Å². The van der Waals surface area contributed by atoms with E-state index in [1.54, 1.807) is 18.2 Å². The molecule has 1 fully saturated rings. The average molecular weight is 409 g/mol. The summed E-state index contributed by atoms with van der Waals surface area (Å²) in [6.07, 6.45) is 1.02. The summed E-state index contributed by atoms with van der Waals surface area (Å²) in [6.45, 7) is 1.60. The van der Waals surface area contributed by atoms with Gasteiger partial charge in [0.05, 0.1) is 29.1 Å². The first-order chi connectivity index (χ1) is 12.9. The predicted molar refractivity (Wildman–Crippen MR) is 107 cm³/mol. The number of nitrogens with zero attached hydrogens (tertiary/aromatic N) is 2. The molecule has 2 aromatic carbocycles. The van der Waals surface area contributed by atoms with Gasteiger partial charge in [-0.25, -0.2) is 5.06 Å². The number of aliphatic hydroxyl groups excluding tert-OH is 1. The number of hydrogen-bond donors (Lipinski definition) is 2. The largest absolute Gasteiger partial charge is 0.391 e. The van der Waals surface area contributed by atoms with Crippen LogP contribution in [0.2, 0.25) is 10.0 Å². The Hall–Kier alpha value is -1.79. The van der Waals surface area contributed by atoms with Gasteiger partial charge in [-0.05, 0) is 42.2 Å². The number of amides is 1. The van der Waals surface area contributed by atoms with Crippen LogP contribution in [0.4, 0.5) is 5.69 Å². The summed E-state index contributed by atoms with van der Waals surface area (Å²) in [6, 6.07) is 12.9. The first-order valence-corrected chi connectivity index (χ1v) is 9.63. The van der Waals surface area contributed by atoms with E-state index in [1.165, 1.54) is 0 Å². The lowest BCUT2D eigenvalue weighted by molar-refractivity contribution is -0.164. The molecule has 1 amide bonds. The molecule has 5 nitrogen and oxygen atoms in total. The SMILES string of the molecule is O=C(Cc1ccc(Cl)c(Cl)c1)N(O)CCc1ccccc1N1CC[C@H](O)C1. The van der Waals surface area contributed by atoms with Gasteiger partial charge in [0.25, 0.3) is 0 Å². The number of carbonyl (C=O) groups excluding carboxylic acids is 1. The Morgan fingerprint density at radius 3 is 2.67 bits per heavy atom. The van der Waals surface area contributed by atoms with Crippen molar-refractivity contribution in [3.8, 4) is 0 Å². The minimum Gasteiger partial charge on any atom is -0.391 e. The average Bonchev–Trinajstić information content (AvgIpc) is 3.09. The second kappa shape index (κ2) is 8.93. The van der Waals surface area contributed by atoms with Crippen molar-refractivity contribution in [2.24, 2.45) is 0 Å². The van der Waals surface area contributed by atoms with Gasteiger partial charge < -0.3 is 10.0 Å². The lowest BCUT2D eigenvalue weighted by Gasteiger charge is -2.22. The van der Waals surface area contributed by atoms with Gasteiger partial charge in [0.15, 0.2) is 0 Å². The monoisotopic (exact) mass is 408 g/mol. The molecular weight excluding hydrogens is 387 g/mol. The zero-order chi connectivity index (χ0) is 19.4. The summed E-state index contributed by atoms with van der Waals surface area (Å²) >= 11 is 11.8. The van der Waals surface area contributed by atoms with Crippen molar-refractivity contribution in [3.63, 3.8) is 0 Å². The number of halogens is 2. The molecule has 144 valence electrons. The van der Waals surface area contributed by atoms with Crippen LogP contribution in [-0.2, 0) is 17.6 Å². The Morgan fingerprint density at radius 1 is 1.19 bits per heavy atom. The third-order valence-corrected chi connectivity index (χ3v) is 5.45. The summed E-state index contributed by atoms with van der Waals surface area (Å²) in [4.78, 5) is 14.4. The number of aliphatic hydroxyl groups is 1. The molecule has 0 aliphatic carbocycles. The van der Waals surface area contributed by atoms with E-state index >= 15 is 0 Å². The molecule has 7 heteroatoms. The normalized spacial score (nSPS) is 16.6. The van der Waals surface area contributed by atoms with E-state index in [4.69, 9.17) is 23.2 Å². The van der Waals surface area contributed by atoms with Crippen molar-refractivity contribution >= 4 is 34.8 Å². The van der Waals surface area contributed by atoms with Crippen molar-refractivity contribution in [2.45, 2.75) is 25.4 Å². The Bertz CT molecular complexity index is 816. The molecule has 0 aromatic heterocycles. The molecule has 1 atom stereocenters. The summed E-state index contributed by atoms with van der Waals surface area (Å²) in [5, 5.41) is 21.5. The van der Waals surface area contributed by atoms with Crippen LogP contribution < -0.4 is 4.90 Å². The van der Waals surface area contributed by atoms with Crippen LogP contribution in [0.1, 0.15) is 17.5 Å². The van der Waals surface area contributed by atoms with Gasteiger partial charge in [0.1, 0.15) is 0 Å². The minimum absolute atomic E-state index is 0.0490. The maximum atomic E-state index is 12.3. The fraction of sp³-hybridized carbons (Fsp3) is 0.350. The van der Waals surface area contributed by atoms with E-state index in [0.717, 1.165) is 29.3 Å². The first kappa shape index (κ1) is 20.0. The predicted octanol–water partition coefficient (Wildman–Crippen LogP) is 3.57. The fourth-order valence-corrected chi connectivity index (χ4v) is 3.58. The maximum absolute atomic E-state index is 12.3. The van der Waals surface area contributed by atoms with Crippen molar-refractivity contribution < 1.29 is 15.1 Å². The Morgan fingerprint density at radius 2 is 1.96 bits per heavy atom. The van der Waals surface area contributed by atoms with Crippen LogP contribution >= 0.6 is 23.2 Å². The molecule has 3 rings (SSSR count). The number of benzene rings is 2. The quantitative estimate of drug-likeness (QED) is 0.566. The van der Waals surface area contributed by atoms with Gasteiger partial charge in [0.2, 0.25) is 5.91 Å². The molecule has 27 heavy (non-hydrogen) atoms. The molecule has 0 spiro atoms. The molecule has 1 aliphatic heterocycles. The molecule has 1 aliphatic rings. The van der Waals surface area contributed by atoms with Gasteiger partial charge in [-0.3, -0.25) is 10.0 Å². The smallest absolute Gasteiger partial charge is 0.250 e.